The molecule has 5 nitrogen and oxygen atoms in total. The van der Waals surface area contributed by atoms with Crippen LogP contribution in [-0.2, 0) is 6.54 Å². The van der Waals surface area contributed by atoms with Crippen LogP contribution in [0, 0.1) is 24.5 Å². The molecular formula is C25H27F2N3O2. The first-order chi connectivity index (χ1) is 15.3. The van der Waals surface area contributed by atoms with E-state index < -0.39 is 17.3 Å². The van der Waals surface area contributed by atoms with E-state index in [4.69, 9.17) is 5.73 Å². The van der Waals surface area contributed by atoms with Crippen molar-refractivity contribution in [1.82, 2.24) is 9.88 Å². The quantitative estimate of drug-likeness (QED) is 0.540. The Balaban J connectivity index is 1.87. The predicted octanol–water partition coefficient (Wildman–Crippen LogP) is 4.85. The van der Waals surface area contributed by atoms with Gasteiger partial charge >= 0.3 is 0 Å². The summed E-state index contributed by atoms with van der Waals surface area (Å²) >= 11 is 0. The number of benzene rings is 2. The van der Waals surface area contributed by atoms with Crippen molar-refractivity contribution in [2.75, 3.05) is 5.73 Å². The van der Waals surface area contributed by atoms with E-state index in [1.807, 2.05) is 6.92 Å². The van der Waals surface area contributed by atoms with E-state index in [2.05, 4.69) is 5.32 Å². The summed E-state index contributed by atoms with van der Waals surface area (Å²) in [5.41, 5.74) is 7.12. The molecule has 1 saturated carbocycles. The third-order valence-electron chi connectivity index (χ3n) is 6.45. The highest BCUT2D eigenvalue weighted by atomic mass is 19.1. The third-order valence-corrected chi connectivity index (χ3v) is 6.45. The Morgan fingerprint density at radius 2 is 1.97 bits per heavy atom. The average molecular weight is 439 g/mol. The fraction of sp³-hybridized carbons (Fsp3) is 0.360. The Bertz CT molecular complexity index is 1250. The minimum absolute atomic E-state index is 0.129. The molecule has 1 aliphatic carbocycles. The van der Waals surface area contributed by atoms with E-state index in [0.717, 1.165) is 25.3 Å². The summed E-state index contributed by atoms with van der Waals surface area (Å²) in [7, 11) is 0. The normalized spacial score (nSPS) is 14.9. The van der Waals surface area contributed by atoms with Crippen molar-refractivity contribution >= 4 is 22.4 Å². The zero-order valence-electron chi connectivity index (χ0n) is 18.3. The SMILES string of the molecule is CCCn1c(C)c(C(=O)N[C@H](c2cccc(F)c2)C2CCC2)c2c(N)ccc([18F])c2c1=O. The number of nitrogens with one attached hydrogen (secondary N) is 1. The van der Waals surface area contributed by atoms with Crippen molar-refractivity contribution in [3.8, 4) is 0 Å². The van der Waals surface area contributed by atoms with Gasteiger partial charge in [0.1, 0.15) is 11.6 Å². The number of carbonyl (C=O) groups is 1. The highest BCUT2D eigenvalue weighted by molar-refractivity contribution is 6.12. The van der Waals surface area contributed by atoms with E-state index in [-0.39, 0.29) is 39.8 Å². The van der Waals surface area contributed by atoms with Gasteiger partial charge in [-0.25, -0.2) is 8.78 Å². The van der Waals surface area contributed by atoms with Gasteiger partial charge in [-0.1, -0.05) is 25.5 Å². The van der Waals surface area contributed by atoms with Gasteiger partial charge in [-0.15, -0.1) is 0 Å². The van der Waals surface area contributed by atoms with E-state index >= 15 is 0 Å². The molecule has 1 fully saturated rings. The number of anilines is 1. The lowest BCUT2D eigenvalue weighted by molar-refractivity contribution is 0.0900. The van der Waals surface area contributed by atoms with Crippen LogP contribution in [0.3, 0.4) is 0 Å². The van der Waals surface area contributed by atoms with Crippen LogP contribution < -0.4 is 16.6 Å². The molecule has 0 aliphatic heterocycles. The zero-order valence-corrected chi connectivity index (χ0v) is 18.3. The number of halogens is 2. The van der Waals surface area contributed by atoms with Gasteiger partial charge in [-0.3, -0.25) is 9.59 Å². The topological polar surface area (TPSA) is 77.1 Å². The van der Waals surface area contributed by atoms with Gasteiger partial charge in [0.15, 0.2) is 0 Å². The Hall–Kier alpha value is -3.22. The maximum absolute atomic E-state index is 14.7. The Kier molecular flexibility index (Phi) is 6.00. The number of carbonyl (C=O) groups excluding carboxylic acids is 1. The Morgan fingerprint density at radius 3 is 2.59 bits per heavy atom. The maximum atomic E-state index is 14.7. The van der Waals surface area contributed by atoms with E-state index in [0.29, 0.717) is 24.2 Å². The van der Waals surface area contributed by atoms with Crippen molar-refractivity contribution in [3.63, 3.8) is 0 Å². The number of rotatable bonds is 6. The number of fused-ring (bicyclic) bond motifs is 1. The summed E-state index contributed by atoms with van der Waals surface area (Å²) in [6, 6.07) is 8.35. The maximum Gasteiger partial charge on any atom is 0.261 e. The molecule has 1 heterocycles. The van der Waals surface area contributed by atoms with Gasteiger partial charge in [-0.05, 0) is 61.9 Å². The smallest absolute Gasteiger partial charge is 0.261 e. The molecule has 2 aromatic carbocycles. The monoisotopic (exact) mass is 438 g/mol. The van der Waals surface area contributed by atoms with E-state index in [9.17, 15) is 18.4 Å². The van der Waals surface area contributed by atoms with Crippen molar-refractivity contribution in [2.45, 2.75) is 52.1 Å². The number of nitrogens with zero attached hydrogens (tertiary/aromatic N) is 1. The summed E-state index contributed by atoms with van der Waals surface area (Å²) < 4.78 is 30.1. The molecule has 7 heteroatoms. The first-order valence-corrected chi connectivity index (χ1v) is 11.0. The molecule has 0 spiro atoms. The van der Waals surface area contributed by atoms with Gasteiger partial charge in [0.05, 0.1) is 17.0 Å². The minimum atomic E-state index is -0.709. The molecular weight excluding hydrogens is 411 g/mol. The molecule has 4 rings (SSSR count). The number of nitrogens with two attached hydrogens (primary N) is 1. The summed E-state index contributed by atoms with van der Waals surface area (Å²) in [4.78, 5) is 26.7. The third kappa shape index (κ3) is 3.76. The highest BCUT2D eigenvalue weighted by Gasteiger charge is 2.32. The Labute approximate surface area is 185 Å². The summed E-state index contributed by atoms with van der Waals surface area (Å²) in [5, 5.41) is 3.00. The summed E-state index contributed by atoms with van der Waals surface area (Å²) in [6.45, 7) is 3.93. The summed E-state index contributed by atoms with van der Waals surface area (Å²) in [6.07, 6.45) is 3.54. The van der Waals surface area contributed by atoms with Crippen LogP contribution in [0.25, 0.3) is 10.8 Å². The molecule has 1 atom stereocenters. The summed E-state index contributed by atoms with van der Waals surface area (Å²) in [5.74, 6) is -1.34. The Morgan fingerprint density at radius 1 is 1.22 bits per heavy atom. The second-order valence-electron chi connectivity index (χ2n) is 8.50. The van der Waals surface area contributed by atoms with Crippen LogP contribution in [0.2, 0.25) is 0 Å². The molecule has 168 valence electrons. The number of hydrogen-bond donors (Lipinski definition) is 2. The molecule has 0 radical (unpaired) electrons. The molecule has 1 aromatic heterocycles. The predicted molar refractivity (Wildman–Crippen MR) is 122 cm³/mol. The molecule has 32 heavy (non-hydrogen) atoms. The second kappa shape index (κ2) is 8.73. The first kappa shape index (κ1) is 22.0. The van der Waals surface area contributed by atoms with Crippen LogP contribution in [0.5, 0.6) is 0 Å². The molecule has 0 bridgehead atoms. The van der Waals surface area contributed by atoms with Crippen LogP contribution >= 0.6 is 0 Å². The largest absolute Gasteiger partial charge is 0.398 e. The van der Waals surface area contributed by atoms with Crippen LogP contribution in [0.4, 0.5) is 14.5 Å². The fourth-order valence-electron chi connectivity index (χ4n) is 4.61. The van der Waals surface area contributed by atoms with Crippen molar-refractivity contribution in [2.24, 2.45) is 5.92 Å². The fourth-order valence-corrected chi connectivity index (χ4v) is 4.61. The van der Waals surface area contributed by atoms with Gasteiger partial charge in [0, 0.05) is 23.3 Å². The number of aromatic nitrogens is 1. The van der Waals surface area contributed by atoms with Crippen molar-refractivity contribution in [3.05, 3.63) is 75.2 Å². The minimum Gasteiger partial charge on any atom is -0.398 e. The number of nitrogen functional groups attached to an aromatic ring is 1. The van der Waals surface area contributed by atoms with Crippen molar-refractivity contribution < 1.29 is 13.6 Å². The van der Waals surface area contributed by atoms with E-state index in [1.165, 1.54) is 22.8 Å². The lowest BCUT2D eigenvalue weighted by Crippen LogP contribution is -2.38. The van der Waals surface area contributed by atoms with E-state index in [1.54, 1.807) is 19.1 Å². The lowest BCUT2D eigenvalue weighted by Gasteiger charge is -2.35. The number of hydrogen-bond acceptors (Lipinski definition) is 3. The lowest BCUT2D eigenvalue weighted by atomic mass is 9.77. The first-order valence-electron chi connectivity index (χ1n) is 11.0. The van der Waals surface area contributed by atoms with Gasteiger partial charge in [-0.2, -0.15) is 0 Å². The number of amides is 1. The zero-order chi connectivity index (χ0) is 23.0. The standard InChI is InChI=1S/C25H27F2N3O2/c1-3-12-30-14(2)20(22-19(28)11-10-18(27)21(22)25(30)32)24(31)29-23(15-6-4-7-15)16-8-5-9-17(26)13-16/h5,8-11,13,15,23H,3-4,6-7,12,28H2,1-2H3,(H,29,31)/t23-/m0/s1/i27-1. The molecule has 1 aliphatic rings. The second-order valence-corrected chi connectivity index (χ2v) is 8.50. The average Bonchev–Trinajstić information content (AvgIpc) is 2.71. The van der Waals surface area contributed by atoms with Crippen molar-refractivity contribution in [1.29, 1.82) is 0 Å². The number of pyridine rings is 1. The highest BCUT2D eigenvalue weighted by Crippen LogP contribution is 2.38. The van der Waals surface area contributed by atoms with Crippen LogP contribution in [0.1, 0.15) is 60.3 Å². The van der Waals surface area contributed by atoms with Gasteiger partial charge in [0.25, 0.3) is 11.5 Å². The molecule has 1 amide bonds. The molecule has 0 unspecified atom stereocenters. The molecule has 3 aromatic rings. The van der Waals surface area contributed by atoms with Gasteiger partial charge in [0.2, 0.25) is 0 Å². The van der Waals surface area contributed by atoms with Crippen LogP contribution in [-0.4, -0.2) is 10.5 Å². The van der Waals surface area contributed by atoms with Crippen LogP contribution in [0.15, 0.2) is 41.2 Å². The molecule has 3 N–H and O–H groups in total. The van der Waals surface area contributed by atoms with Gasteiger partial charge < -0.3 is 15.6 Å². The molecule has 0 saturated heterocycles.